The van der Waals surface area contributed by atoms with Crippen LogP contribution in [0, 0.1) is 6.92 Å². The van der Waals surface area contributed by atoms with Crippen LogP contribution in [0.2, 0.25) is 0 Å². The summed E-state index contributed by atoms with van der Waals surface area (Å²) in [5, 5.41) is 3.28. The molecule has 5 nitrogen and oxygen atoms in total. The Hall–Kier alpha value is -2.81. The maximum Gasteiger partial charge on any atom is 0.266 e. The van der Waals surface area contributed by atoms with Crippen LogP contribution in [-0.4, -0.2) is 32.6 Å². The van der Waals surface area contributed by atoms with Crippen LogP contribution < -0.4 is 5.32 Å². The van der Waals surface area contributed by atoms with E-state index in [1.54, 1.807) is 12.3 Å². The third kappa shape index (κ3) is 5.46. The predicted molar refractivity (Wildman–Crippen MR) is 131 cm³/mol. The molecule has 1 aliphatic rings. The fourth-order valence-electron chi connectivity index (χ4n) is 3.00. The molecule has 2 amide bonds. The van der Waals surface area contributed by atoms with Crippen molar-refractivity contribution >= 4 is 62.7 Å². The smallest absolute Gasteiger partial charge is 0.266 e. The Morgan fingerprint density at radius 2 is 1.90 bits per heavy atom. The number of aromatic nitrogens is 1. The molecule has 3 aromatic rings. The van der Waals surface area contributed by atoms with E-state index in [1.807, 2.05) is 49.4 Å². The van der Waals surface area contributed by atoms with Crippen LogP contribution in [0.4, 0.5) is 5.13 Å². The summed E-state index contributed by atoms with van der Waals surface area (Å²) in [5.74, 6) is -0.580. The second kappa shape index (κ2) is 9.55. The normalized spacial score (nSPS) is 15.0. The molecule has 0 radical (unpaired) electrons. The first-order valence-electron chi connectivity index (χ1n) is 9.58. The summed E-state index contributed by atoms with van der Waals surface area (Å²) in [7, 11) is 0. The molecular weight excluding hydrogens is 446 g/mol. The molecular formula is C23H19N3O2S3. The molecule has 1 saturated heterocycles. The van der Waals surface area contributed by atoms with Crippen molar-refractivity contribution in [1.29, 1.82) is 0 Å². The minimum atomic E-state index is -0.325. The second-order valence-corrected chi connectivity index (χ2v) is 9.81. The Morgan fingerprint density at radius 1 is 1.16 bits per heavy atom. The van der Waals surface area contributed by atoms with Gasteiger partial charge in [0.2, 0.25) is 5.91 Å². The van der Waals surface area contributed by atoms with E-state index in [2.05, 4.69) is 22.4 Å². The molecule has 1 fully saturated rings. The summed E-state index contributed by atoms with van der Waals surface area (Å²) >= 11 is 7.96. The molecule has 0 spiro atoms. The fourth-order valence-corrected chi connectivity index (χ4v) is 5.11. The van der Waals surface area contributed by atoms with Crippen LogP contribution in [0.15, 0.2) is 65.7 Å². The molecule has 2 heterocycles. The Morgan fingerprint density at radius 3 is 2.65 bits per heavy atom. The number of hydrogen-bond acceptors (Lipinski definition) is 6. The van der Waals surface area contributed by atoms with E-state index in [1.165, 1.54) is 33.6 Å². The van der Waals surface area contributed by atoms with Gasteiger partial charge in [-0.25, -0.2) is 4.98 Å². The lowest BCUT2D eigenvalue weighted by molar-refractivity contribution is -0.126. The highest BCUT2D eigenvalue weighted by Gasteiger charge is 2.33. The third-order valence-corrected chi connectivity index (χ3v) is 6.86. The monoisotopic (exact) mass is 465 g/mol. The lowest BCUT2D eigenvalue weighted by Gasteiger charge is -2.13. The number of nitrogens with zero attached hydrogens (tertiary/aromatic N) is 2. The van der Waals surface area contributed by atoms with Gasteiger partial charge in [0.15, 0.2) is 5.13 Å². The molecule has 1 aliphatic heterocycles. The molecule has 156 valence electrons. The number of thiazole rings is 1. The quantitative estimate of drug-likeness (QED) is 0.415. The molecule has 4 rings (SSSR count). The summed E-state index contributed by atoms with van der Waals surface area (Å²) in [6, 6.07) is 17.9. The lowest BCUT2D eigenvalue weighted by Crippen LogP contribution is -2.36. The van der Waals surface area contributed by atoms with E-state index in [9.17, 15) is 9.59 Å². The summed E-state index contributed by atoms with van der Waals surface area (Å²) in [4.78, 5) is 32.4. The summed E-state index contributed by atoms with van der Waals surface area (Å²) in [6.45, 7) is 1.87. The minimum Gasteiger partial charge on any atom is -0.300 e. The fraction of sp³-hybridized carbons (Fsp3) is 0.130. The number of aryl methyl sites for hydroxylation is 1. The van der Waals surface area contributed by atoms with Gasteiger partial charge in [0.05, 0.1) is 4.91 Å². The molecule has 1 N–H and O–H groups in total. The Balaban J connectivity index is 1.37. The van der Waals surface area contributed by atoms with Gasteiger partial charge in [-0.05, 0) is 24.1 Å². The van der Waals surface area contributed by atoms with Gasteiger partial charge >= 0.3 is 0 Å². The number of hydrogen-bond donors (Lipinski definition) is 1. The first kappa shape index (κ1) is 21.4. The lowest BCUT2D eigenvalue weighted by atomic mass is 10.1. The van der Waals surface area contributed by atoms with E-state index in [4.69, 9.17) is 12.2 Å². The van der Waals surface area contributed by atoms with Gasteiger partial charge < -0.3 is 5.32 Å². The van der Waals surface area contributed by atoms with Crippen LogP contribution in [-0.2, 0) is 16.0 Å². The zero-order valence-electron chi connectivity index (χ0n) is 16.7. The molecule has 1 aromatic heterocycles. The Kier molecular flexibility index (Phi) is 6.60. The highest BCUT2D eigenvalue weighted by molar-refractivity contribution is 8.26. The van der Waals surface area contributed by atoms with Crippen LogP contribution in [0.1, 0.15) is 21.6 Å². The molecule has 0 unspecified atom stereocenters. The van der Waals surface area contributed by atoms with Crippen LogP contribution >= 0.6 is 35.3 Å². The van der Waals surface area contributed by atoms with Crippen molar-refractivity contribution < 1.29 is 9.59 Å². The maximum absolute atomic E-state index is 12.7. The number of carbonyl (C=O) groups is 2. The van der Waals surface area contributed by atoms with Gasteiger partial charge in [0.1, 0.15) is 10.9 Å². The molecule has 31 heavy (non-hydrogen) atoms. The van der Waals surface area contributed by atoms with Gasteiger partial charge in [-0.15, -0.1) is 11.3 Å². The average Bonchev–Trinajstić information content (AvgIpc) is 3.29. The number of benzene rings is 2. The van der Waals surface area contributed by atoms with E-state index < -0.39 is 0 Å². The molecule has 2 aromatic carbocycles. The Labute approximate surface area is 194 Å². The number of thiocarbonyl (C=S) groups is 1. The number of amides is 2. The van der Waals surface area contributed by atoms with Crippen molar-refractivity contribution in [1.82, 2.24) is 9.88 Å². The number of nitrogens with one attached hydrogen (secondary N) is 1. The number of thioether (sulfide) groups is 1. The molecule has 0 aliphatic carbocycles. The van der Waals surface area contributed by atoms with Crippen molar-refractivity contribution in [3.05, 3.63) is 87.3 Å². The zero-order chi connectivity index (χ0) is 21.8. The summed E-state index contributed by atoms with van der Waals surface area (Å²) in [5.41, 5.74) is 3.25. The van der Waals surface area contributed by atoms with Crippen molar-refractivity contribution in [3.63, 3.8) is 0 Å². The topological polar surface area (TPSA) is 62.3 Å². The van der Waals surface area contributed by atoms with E-state index in [0.29, 0.717) is 14.4 Å². The van der Waals surface area contributed by atoms with Gasteiger partial charge in [-0.3, -0.25) is 14.5 Å². The van der Waals surface area contributed by atoms with Crippen molar-refractivity contribution in [3.8, 4) is 0 Å². The van der Waals surface area contributed by atoms with Crippen molar-refractivity contribution in [2.45, 2.75) is 13.3 Å². The first-order chi connectivity index (χ1) is 15.0. The highest BCUT2D eigenvalue weighted by Crippen LogP contribution is 2.32. The van der Waals surface area contributed by atoms with Crippen molar-refractivity contribution in [2.75, 3.05) is 11.9 Å². The molecule has 0 saturated carbocycles. The SMILES string of the molecule is Cc1ccc(/C=C2/SC(=S)N(CC(=O)Nc3ncc(Cc4ccccc4)s3)C2=O)cc1. The maximum atomic E-state index is 12.7. The average molecular weight is 466 g/mol. The van der Waals surface area contributed by atoms with Crippen LogP contribution in [0.3, 0.4) is 0 Å². The van der Waals surface area contributed by atoms with Crippen molar-refractivity contribution in [2.24, 2.45) is 0 Å². The van der Waals surface area contributed by atoms with E-state index in [-0.39, 0.29) is 18.4 Å². The predicted octanol–water partition coefficient (Wildman–Crippen LogP) is 4.88. The summed E-state index contributed by atoms with van der Waals surface area (Å²) < 4.78 is 0.377. The van der Waals surface area contributed by atoms with Gasteiger partial charge in [-0.1, -0.05) is 84.1 Å². The zero-order valence-corrected chi connectivity index (χ0v) is 19.2. The number of anilines is 1. The van der Waals surface area contributed by atoms with Gasteiger partial charge in [-0.2, -0.15) is 0 Å². The highest BCUT2D eigenvalue weighted by atomic mass is 32.2. The van der Waals surface area contributed by atoms with Crippen LogP contribution in [0.25, 0.3) is 6.08 Å². The van der Waals surface area contributed by atoms with E-state index in [0.717, 1.165) is 22.4 Å². The largest absolute Gasteiger partial charge is 0.300 e. The second-order valence-electron chi connectivity index (χ2n) is 7.02. The Bertz CT molecular complexity index is 1150. The number of carbonyl (C=O) groups excluding carboxylic acids is 2. The number of rotatable bonds is 6. The van der Waals surface area contributed by atoms with Crippen LogP contribution in [0.5, 0.6) is 0 Å². The van der Waals surface area contributed by atoms with E-state index >= 15 is 0 Å². The van der Waals surface area contributed by atoms with Gasteiger partial charge in [0.25, 0.3) is 5.91 Å². The first-order valence-corrected chi connectivity index (χ1v) is 11.6. The minimum absolute atomic E-state index is 0.135. The van der Waals surface area contributed by atoms with Gasteiger partial charge in [0, 0.05) is 17.5 Å². The molecule has 0 bridgehead atoms. The standard InChI is InChI=1S/C23H19N3O2S3/c1-15-7-9-17(10-8-15)12-19-21(28)26(23(29)31-19)14-20(27)25-22-24-13-18(30-22)11-16-5-3-2-4-6-16/h2-10,12-13H,11,14H2,1H3,(H,24,25,27)/b19-12+. The third-order valence-electron chi connectivity index (χ3n) is 4.57. The molecule has 8 heteroatoms. The summed E-state index contributed by atoms with van der Waals surface area (Å²) in [6.07, 6.45) is 4.32. The molecule has 0 atom stereocenters.